The van der Waals surface area contributed by atoms with Crippen LogP contribution in [0.1, 0.15) is 51.1 Å². The predicted molar refractivity (Wildman–Crippen MR) is 93.6 cm³/mol. The zero-order valence-corrected chi connectivity index (χ0v) is 14.7. The van der Waals surface area contributed by atoms with Gasteiger partial charge in [0, 0.05) is 18.5 Å². The van der Waals surface area contributed by atoms with E-state index in [9.17, 15) is 4.79 Å². The highest BCUT2D eigenvalue weighted by molar-refractivity contribution is 5.75. The molecular weight excluding hydrogens is 288 g/mol. The first-order valence-electron chi connectivity index (χ1n) is 8.79. The molecule has 4 nitrogen and oxygen atoms in total. The zero-order chi connectivity index (χ0) is 16.7. The van der Waals surface area contributed by atoms with Crippen LogP contribution >= 0.6 is 0 Å². The number of amides is 1. The summed E-state index contributed by atoms with van der Waals surface area (Å²) in [5.41, 5.74) is 1.17. The minimum absolute atomic E-state index is 0.137. The Morgan fingerprint density at radius 3 is 2.70 bits per heavy atom. The number of methoxy groups -OCH3 is 1. The number of carbonyl (C=O) groups excluding carboxylic acids is 1. The van der Waals surface area contributed by atoms with Crippen LogP contribution in [-0.2, 0) is 4.79 Å². The average Bonchev–Trinajstić information content (AvgIpc) is 2.57. The summed E-state index contributed by atoms with van der Waals surface area (Å²) in [4.78, 5) is 14.4. The lowest BCUT2D eigenvalue weighted by atomic mass is 9.95. The quantitative estimate of drug-likeness (QED) is 0.838. The van der Waals surface area contributed by atoms with Crippen molar-refractivity contribution in [1.29, 1.82) is 0 Å². The van der Waals surface area contributed by atoms with E-state index in [4.69, 9.17) is 4.74 Å². The van der Waals surface area contributed by atoms with Gasteiger partial charge in [-0.2, -0.15) is 0 Å². The highest BCUT2D eigenvalue weighted by Crippen LogP contribution is 2.31. The highest BCUT2D eigenvalue weighted by Gasteiger charge is 2.26. The molecule has 1 aliphatic heterocycles. The molecule has 1 amide bonds. The van der Waals surface area contributed by atoms with Crippen molar-refractivity contribution in [3.05, 3.63) is 29.8 Å². The second kappa shape index (κ2) is 8.92. The molecule has 1 aliphatic rings. The molecule has 0 spiro atoms. The average molecular weight is 318 g/mol. The Morgan fingerprint density at radius 1 is 1.35 bits per heavy atom. The standard InChI is InChI=1S/C19H30N2O2/c1-4-7-19(22)20-14-17(21-12-10-15(2)11-13-21)16-8-5-6-9-18(16)23-3/h5-6,8-9,15,17H,4,7,10-14H2,1-3H3,(H,20,22). The maximum absolute atomic E-state index is 11.9. The summed E-state index contributed by atoms with van der Waals surface area (Å²) < 4.78 is 5.55. The Morgan fingerprint density at radius 2 is 2.04 bits per heavy atom. The van der Waals surface area contributed by atoms with Crippen LogP contribution in [-0.4, -0.2) is 37.6 Å². The number of hydrogen-bond acceptors (Lipinski definition) is 3. The fourth-order valence-corrected chi connectivity index (χ4v) is 3.24. The van der Waals surface area contributed by atoms with Crippen LogP contribution in [0.2, 0.25) is 0 Å². The molecule has 0 radical (unpaired) electrons. The Bertz CT molecular complexity index is 496. The lowest BCUT2D eigenvalue weighted by molar-refractivity contribution is -0.121. The van der Waals surface area contributed by atoms with Gasteiger partial charge in [-0.3, -0.25) is 9.69 Å². The van der Waals surface area contributed by atoms with Crippen LogP contribution in [0.5, 0.6) is 5.75 Å². The molecule has 128 valence electrons. The summed E-state index contributed by atoms with van der Waals surface area (Å²) in [6.45, 7) is 7.15. The minimum Gasteiger partial charge on any atom is -0.496 e. The van der Waals surface area contributed by atoms with Crippen molar-refractivity contribution in [1.82, 2.24) is 10.2 Å². The topological polar surface area (TPSA) is 41.6 Å². The van der Waals surface area contributed by atoms with Crippen molar-refractivity contribution < 1.29 is 9.53 Å². The van der Waals surface area contributed by atoms with Gasteiger partial charge >= 0.3 is 0 Å². The van der Waals surface area contributed by atoms with Gasteiger partial charge in [-0.1, -0.05) is 32.0 Å². The van der Waals surface area contributed by atoms with E-state index in [0.29, 0.717) is 13.0 Å². The molecule has 1 fully saturated rings. The van der Waals surface area contributed by atoms with Gasteiger partial charge in [-0.05, 0) is 44.3 Å². The molecule has 1 N–H and O–H groups in total. The number of likely N-dealkylation sites (tertiary alicyclic amines) is 1. The van der Waals surface area contributed by atoms with E-state index < -0.39 is 0 Å². The van der Waals surface area contributed by atoms with E-state index in [0.717, 1.165) is 31.2 Å². The molecule has 2 rings (SSSR count). The molecule has 1 aromatic carbocycles. The number of ether oxygens (including phenoxy) is 1. The van der Waals surface area contributed by atoms with Gasteiger partial charge in [0.05, 0.1) is 13.2 Å². The van der Waals surface area contributed by atoms with E-state index in [-0.39, 0.29) is 11.9 Å². The molecule has 1 saturated heterocycles. The number of hydrogen-bond donors (Lipinski definition) is 1. The molecule has 1 aromatic rings. The largest absolute Gasteiger partial charge is 0.496 e. The molecule has 0 aromatic heterocycles. The molecule has 0 aliphatic carbocycles. The third kappa shape index (κ3) is 4.96. The SMILES string of the molecule is CCCC(=O)NCC(c1ccccc1OC)N1CCC(C)CC1. The number of benzene rings is 1. The highest BCUT2D eigenvalue weighted by atomic mass is 16.5. The second-order valence-corrected chi connectivity index (χ2v) is 6.53. The minimum atomic E-state index is 0.137. The third-order valence-corrected chi connectivity index (χ3v) is 4.73. The summed E-state index contributed by atoms with van der Waals surface area (Å²) in [7, 11) is 1.71. The lowest BCUT2D eigenvalue weighted by Gasteiger charge is -2.37. The van der Waals surface area contributed by atoms with Crippen molar-refractivity contribution in [2.45, 2.75) is 45.6 Å². The number of nitrogens with zero attached hydrogens (tertiary/aromatic N) is 1. The van der Waals surface area contributed by atoms with Gasteiger partial charge in [-0.15, -0.1) is 0 Å². The zero-order valence-electron chi connectivity index (χ0n) is 14.7. The van der Waals surface area contributed by atoms with Crippen LogP contribution in [0.3, 0.4) is 0 Å². The fraction of sp³-hybridized carbons (Fsp3) is 0.632. The normalized spacial score (nSPS) is 17.7. The molecule has 0 bridgehead atoms. The van der Waals surface area contributed by atoms with Crippen LogP contribution in [0.15, 0.2) is 24.3 Å². The van der Waals surface area contributed by atoms with Crippen LogP contribution in [0, 0.1) is 5.92 Å². The van der Waals surface area contributed by atoms with Crippen molar-refractivity contribution in [2.75, 3.05) is 26.7 Å². The number of carbonyl (C=O) groups is 1. The van der Waals surface area contributed by atoms with Crippen molar-refractivity contribution >= 4 is 5.91 Å². The summed E-state index contributed by atoms with van der Waals surface area (Å²) >= 11 is 0. The maximum atomic E-state index is 11.9. The molecule has 1 unspecified atom stereocenters. The smallest absolute Gasteiger partial charge is 0.220 e. The van der Waals surface area contributed by atoms with E-state index in [1.54, 1.807) is 7.11 Å². The summed E-state index contributed by atoms with van der Waals surface area (Å²) in [6, 6.07) is 8.34. The molecular formula is C19H30N2O2. The summed E-state index contributed by atoms with van der Waals surface area (Å²) in [6.07, 6.45) is 3.91. The summed E-state index contributed by atoms with van der Waals surface area (Å²) in [5, 5.41) is 3.11. The predicted octanol–water partition coefficient (Wildman–Crippen LogP) is 3.38. The monoisotopic (exact) mass is 318 g/mol. The Hall–Kier alpha value is -1.55. The first kappa shape index (κ1) is 17.8. The van der Waals surface area contributed by atoms with Gasteiger partial charge in [-0.25, -0.2) is 0 Å². The van der Waals surface area contributed by atoms with Crippen molar-refractivity contribution in [2.24, 2.45) is 5.92 Å². The molecule has 1 heterocycles. The molecule has 4 heteroatoms. The van der Waals surface area contributed by atoms with Crippen LogP contribution in [0.25, 0.3) is 0 Å². The number of para-hydroxylation sites is 1. The number of piperidine rings is 1. The van der Waals surface area contributed by atoms with Gasteiger partial charge in [0.25, 0.3) is 0 Å². The van der Waals surface area contributed by atoms with E-state index in [1.807, 2.05) is 25.1 Å². The Balaban J connectivity index is 2.15. The van der Waals surface area contributed by atoms with Gasteiger partial charge in [0.15, 0.2) is 0 Å². The van der Waals surface area contributed by atoms with Gasteiger partial charge in [0.2, 0.25) is 5.91 Å². The van der Waals surface area contributed by atoms with Crippen LogP contribution in [0.4, 0.5) is 0 Å². The maximum Gasteiger partial charge on any atom is 0.220 e. The molecule has 23 heavy (non-hydrogen) atoms. The third-order valence-electron chi connectivity index (χ3n) is 4.73. The van der Waals surface area contributed by atoms with E-state index in [2.05, 4.69) is 23.2 Å². The molecule has 1 atom stereocenters. The Kier molecular flexibility index (Phi) is 6.90. The number of nitrogens with one attached hydrogen (secondary N) is 1. The molecule has 0 saturated carbocycles. The van der Waals surface area contributed by atoms with E-state index in [1.165, 1.54) is 18.4 Å². The summed E-state index contributed by atoms with van der Waals surface area (Å²) in [5.74, 6) is 1.83. The first-order chi connectivity index (χ1) is 11.2. The van der Waals surface area contributed by atoms with Crippen molar-refractivity contribution in [3.8, 4) is 5.75 Å². The lowest BCUT2D eigenvalue weighted by Crippen LogP contribution is -2.42. The second-order valence-electron chi connectivity index (χ2n) is 6.53. The Labute approximate surface area is 140 Å². The van der Waals surface area contributed by atoms with Gasteiger partial charge < -0.3 is 10.1 Å². The van der Waals surface area contributed by atoms with Crippen molar-refractivity contribution in [3.63, 3.8) is 0 Å². The van der Waals surface area contributed by atoms with Gasteiger partial charge in [0.1, 0.15) is 5.75 Å². The number of rotatable bonds is 7. The first-order valence-corrected chi connectivity index (χ1v) is 8.79. The fourth-order valence-electron chi connectivity index (χ4n) is 3.24. The van der Waals surface area contributed by atoms with Crippen LogP contribution < -0.4 is 10.1 Å². The van der Waals surface area contributed by atoms with E-state index >= 15 is 0 Å².